The molecule has 80 valence electrons. The van der Waals surface area contributed by atoms with E-state index in [4.69, 9.17) is 4.74 Å². The van der Waals surface area contributed by atoms with Crippen LogP contribution in [0.3, 0.4) is 0 Å². The Kier molecular flexibility index (Phi) is 2.26. The molecule has 0 bridgehead atoms. The molecule has 0 amide bonds. The summed E-state index contributed by atoms with van der Waals surface area (Å²) in [5, 5.41) is 3.66. The molecule has 3 nitrogen and oxygen atoms in total. The van der Waals surface area contributed by atoms with Crippen molar-refractivity contribution in [2.24, 2.45) is 0 Å². The standard InChI is InChI=1S/C11H20N2O/c1-2-10(1)13-6-3-11(4-7-13)9-14-8-5-12-11/h10,12H,1-9H2. The van der Waals surface area contributed by atoms with Gasteiger partial charge in [-0.2, -0.15) is 0 Å². The van der Waals surface area contributed by atoms with Crippen LogP contribution >= 0.6 is 0 Å². The number of hydrogen-bond donors (Lipinski definition) is 1. The summed E-state index contributed by atoms with van der Waals surface area (Å²) in [4.78, 5) is 2.67. The fourth-order valence-electron chi connectivity index (χ4n) is 2.78. The third-order valence-electron chi connectivity index (χ3n) is 3.94. The van der Waals surface area contributed by atoms with Gasteiger partial charge in [-0.1, -0.05) is 0 Å². The van der Waals surface area contributed by atoms with Crippen LogP contribution in [0.25, 0.3) is 0 Å². The Morgan fingerprint density at radius 1 is 1.21 bits per heavy atom. The zero-order chi connectivity index (χ0) is 9.43. The summed E-state index contributed by atoms with van der Waals surface area (Å²) < 4.78 is 5.59. The van der Waals surface area contributed by atoms with Gasteiger partial charge in [0.1, 0.15) is 0 Å². The molecule has 3 aliphatic rings. The van der Waals surface area contributed by atoms with Crippen molar-refractivity contribution in [2.45, 2.75) is 37.3 Å². The van der Waals surface area contributed by atoms with E-state index in [1.165, 1.54) is 38.8 Å². The second kappa shape index (κ2) is 3.47. The van der Waals surface area contributed by atoms with E-state index in [0.29, 0.717) is 5.54 Å². The van der Waals surface area contributed by atoms with Crippen LogP contribution in [0, 0.1) is 0 Å². The van der Waals surface area contributed by atoms with Gasteiger partial charge in [-0.3, -0.25) is 0 Å². The Morgan fingerprint density at radius 2 is 2.00 bits per heavy atom. The van der Waals surface area contributed by atoms with Crippen molar-refractivity contribution in [3.05, 3.63) is 0 Å². The highest BCUT2D eigenvalue weighted by molar-refractivity contribution is 4.98. The largest absolute Gasteiger partial charge is 0.378 e. The molecule has 3 rings (SSSR count). The van der Waals surface area contributed by atoms with Crippen molar-refractivity contribution in [1.29, 1.82) is 0 Å². The van der Waals surface area contributed by atoms with E-state index < -0.39 is 0 Å². The van der Waals surface area contributed by atoms with E-state index >= 15 is 0 Å². The van der Waals surface area contributed by atoms with Crippen molar-refractivity contribution in [3.63, 3.8) is 0 Å². The first-order valence-electron chi connectivity index (χ1n) is 5.95. The summed E-state index contributed by atoms with van der Waals surface area (Å²) in [5.74, 6) is 0. The minimum Gasteiger partial charge on any atom is -0.378 e. The van der Waals surface area contributed by atoms with E-state index in [1.54, 1.807) is 0 Å². The second-order valence-electron chi connectivity index (χ2n) is 5.03. The van der Waals surface area contributed by atoms with Crippen molar-refractivity contribution in [2.75, 3.05) is 32.8 Å². The maximum absolute atomic E-state index is 5.59. The van der Waals surface area contributed by atoms with Gasteiger partial charge in [0.05, 0.1) is 13.2 Å². The molecule has 1 aliphatic carbocycles. The lowest BCUT2D eigenvalue weighted by Crippen LogP contribution is -2.59. The minimum absolute atomic E-state index is 0.337. The maximum atomic E-state index is 5.59. The molecular formula is C11H20N2O. The fourth-order valence-corrected chi connectivity index (χ4v) is 2.78. The molecule has 1 N–H and O–H groups in total. The average molecular weight is 196 g/mol. The molecule has 3 heteroatoms. The normalized spacial score (nSPS) is 33.4. The monoisotopic (exact) mass is 196 g/mol. The number of piperidine rings is 1. The van der Waals surface area contributed by atoms with E-state index in [2.05, 4.69) is 10.2 Å². The van der Waals surface area contributed by atoms with Gasteiger partial charge in [-0.05, 0) is 25.7 Å². The molecule has 3 fully saturated rings. The fraction of sp³-hybridized carbons (Fsp3) is 1.00. The quantitative estimate of drug-likeness (QED) is 0.665. The first-order chi connectivity index (χ1) is 6.88. The summed E-state index contributed by atoms with van der Waals surface area (Å²) in [5.41, 5.74) is 0.337. The predicted molar refractivity (Wildman–Crippen MR) is 55.4 cm³/mol. The molecule has 2 saturated heterocycles. The topological polar surface area (TPSA) is 24.5 Å². The lowest BCUT2D eigenvalue weighted by atomic mass is 9.87. The Hall–Kier alpha value is -0.120. The molecular weight excluding hydrogens is 176 g/mol. The molecule has 14 heavy (non-hydrogen) atoms. The van der Waals surface area contributed by atoms with Gasteiger partial charge in [-0.25, -0.2) is 0 Å². The number of morpholine rings is 1. The van der Waals surface area contributed by atoms with Crippen LogP contribution in [0.1, 0.15) is 25.7 Å². The van der Waals surface area contributed by atoms with Crippen molar-refractivity contribution in [1.82, 2.24) is 10.2 Å². The van der Waals surface area contributed by atoms with Crippen LogP contribution in [-0.2, 0) is 4.74 Å². The lowest BCUT2D eigenvalue weighted by molar-refractivity contribution is -0.00653. The Labute approximate surface area is 85.8 Å². The number of ether oxygens (including phenoxy) is 1. The third kappa shape index (κ3) is 1.69. The van der Waals surface area contributed by atoms with Gasteiger partial charge in [0.2, 0.25) is 0 Å². The van der Waals surface area contributed by atoms with Crippen LogP contribution < -0.4 is 5.32 Å². The number of hydrogen-bond acceptors (Lipinski definition) is 3. The highest BCUT2D eigenvalue weighted by Gasteiger charge is 2.39. The van der Waals surface area contributed by atoms with Gasteiger partial charge in [0.15, 0.2) is 0 Å². The molecule has 0 atom stereocenters. The van der Waals surface area contributed by atoms with Crippen LogP contribution in [0.15, 0.2) is 0 Å². The van der Waals surface area contributed by atoms with Gasteiger partial charge < -0.3 is 15.0 Å². The van der Waals surface area contributed by atoms with E-state index in [1.807, 2.05) is 0 Å². The molecule has 1 spiro atoms. The maximum Gasteiger partial charge on any atom is 0.0649 e. The van der Waals surface area contributed by atoms with Crippen LogP contribution in [0.2, 0.25) is 0 Å². The van der Waals surface area contributed by atoms with Crippen LogP contribution in [0.4, 0.5) is 0 Å². The molecule has 1 saturated carbocycles. The first kappa shape index (κ1) is 9.13. The third-order valence-corrected chi connectivity index (χ3v) is 3.94. The van der Waals surface area contributed by atoms with Gasteiger partial charge in [0.25, 0.3) is 0 Å². The van der Waals surface area contributed by atoms with Crippen LogP contribution in [0.5, 0.6) is 0 Å². The van der Waals surface area contributed by atoms with Crippen molar-refractivity contribution < 1.29 is 4.74 Å². The number of likely N-dealkylation sites (tertiary alicyclic amines) is 1. The molecule has 0 aromatic carbocycles. The van der Waals surface area contributed by atoms with Gasteiger partial charge in [-0.15, -0.1) is 0 Å². The number of nitrogens with zero attached hydrogens (tertiary/aromatic N) is 1. The number of rotatable bonds is 1. The predicted octanol–water partition coefficient (Wildman–Crippen LogP) is 0.603. The highest BCUT2D eigenvalue weighted by Crippen LogP contribution is 2.32. The molecule has 2 aliphatic heterocycles. The molecule has 0 radical (unpaired) electrons. The summed E-state index contributed by atoms with van der Waals surface area (Å²) in [6.45, 7) is 5.44. The summed E-state index contributed by atoms with van der Waals surface area (Å²) >= 11 is 0. The summed E-state index contributed by atoms with van der Waals surface area (Å²) in [6.07, 6.45) is 5.45. The zero-order valence-corrected chi connectivity index (χ0v) is 8.80. The Bertz CT molecular complexity index is 199. The molecule has 2 heterocycles. The molecule has 0 aromatic rings. The van der Waals surface area contributed by atoms with Gasteiger partial charge in [0, 0.05) is 31.2 Å². The van der Waals surface area contributed by atoms with E-state index in [-0.39, 0.29) is 0 Å². The Balaban J connectivity index is 1.57. The molecule has 0 unspecified atom stereocenters. The number of nitrogens with one attached hydrogen (secondary N) is 1. The zero-order valence-electron chi connectivity index (χ0n) is 8.80. The second-order valence-corrected chi connectivity index (χ2v) is 5.03. The first-order valence-corrected chi connectivity index (χ1v) is 5.95. The van der Waals surface area contributed by atoms with E-state index in [9.17, 15) is 0 Å². The van der Waals surface area contributed by atoms with Crippen molar-refractivity contribution >= 4 is 0 Å². The highest BCUT2D eigenvalue weighted by atomic mass is 16.5. The minimum atomic E-state index is 0.337. The van der Waals surface area contributed by atoms with Gasteiger partial charge >= 0.3 is 0 Å². The molecule has 0 aromatic heterocycles. The van der Waals surface area contributed by atoms with E-state index in [0.717, 1.165) is 25.8 Å². The van der Waals surface area contributed by atoms with Crippen molar-refractivity contribution in [3.8, 4) is 0 Å². The SMILES string of the molecule is C1COCC2(CCN(C3CC3)CC2)N1. The average Bonchev–Trinajstić information content (AvgIpc) is 3.04. The van der Waals surface area contributed by atoms with Crippen LogP contribution in [-0.4, -0.2) is 49.3 Å². The smallest absolute Gasteiger partial charge is 0.0649 e. The lowest BCUT2D eigenvalue weighted by Gasteiger charge is -2.44. The summed E-state index contributed by atoms with van der Waals surface area (Å²) in [7, 11) is 0. The summed E-state index contributed by atoms with van der Waals surface area (Å²) in [6, 6.07) is 0.942. The Morgan fingerprint density at radius 3 is 2.57 bits per heavy atom.